The minimum Gasteiger partial charge on any atom is -0.508 e. The van der Waals surface area contributed by atoms with E-state index in [4.69, 9.17) is 53.2 Å². The van der Waals surface area contributed by atoms with Gasteiger partial charge in [-0.2, -0.15) is 15.4 Å². The van der Waals surface area contributed by atoms with Crippen molar-refractivity contribution in [2.24, 2.45) is 0 Å². The molecule has 0 unspecified atom stereocenters. The molecule has 33 nitrogen and oxygen atoms in total. The number of halogens is 2. The number of imidazole rings is 3. The molecule has 670 valence electrons. The first-order chi connectivity index (χ1) is 62.5. The lowest BCUT2D eigenvalue weighted by Gasteiger charge is -2.19. The van der Waals surface area contributed by atoms with E-state index >= 15 is 0 Å². The Morgan fingerprint density at radius 2 is 1.05 bits per heavy atom. The number of aromatic nitrogens is 14. The van der Waals surface area contributed by atoms with Crippen molar-refractivity contribution in [3.05, 3.63) is 248 Å². The van der Waals surface area contributed by atoms with Crippen molar-refractivity contribution < 1.29 is 83.9 Å². The molecule has 0 saturated carbocycles. The molecular formula is C94H92ClFN16O17S. The second-order valence-corrected chi connectivity index (χ2v) is 30.0. The van der Waals surface area contributed by atoms with Crippen LogP contribution in [-0.4, -0.2) is 168 Å². The Labute approximate surface area is 752 Å². The summed E-state index contributed by atoms with van der Waals surface area (Å²) in [4.78, 5) is 34.9. The van der Waals surface area contributed by atoms with Crippen LogP contribution < -0.4 is 40.4 Å². The lowest BCUT2D eigenvalue weighted by Crippen LogP contribution is -2.23. The normalized spacial score (nSPS) is 11.3. The number of aryl methyl sites for hydroxylation is 6. The molecule has 0 bridgehead atoms. The third-order valence-corrected chi connectivity index (χ3v) is 21.9. The Morgan fingerprint density at radius 3 is 1.63 bits per heavy atom. The van der Waals surface area contributed by atoms with E-state index in [0.717, 1.165) is 51.0 Å². The molecule has 0 saturated heterocycles. The van der Waals surface area contributed by atoms with E-state index in [1.807, 2.05) is 59.7 Å². The highest BCUT2D eigenvalue weighted by atomic mass is 35.5. The van der Waals surface area contributed by atoms with Crippen molar-refractivity contribution in [3.63, 3.8) is 0 Å². The quantitative estimate of drug-likeness (QED) is 0.0315. The summed E-state index contributed by atoms with van der Waals surface area (Å²) in [6.07, 6.45) is 7.25. The maximum absolute atomic E-state index is 13.4. The van der Waals surface area contributed by atoms with Crippen LogP contribution in [0.15, 0.2) is 187 Å². The molecule has 6 aromatic heterocycles. The number of fused-ring (bicyclic) bond motifs is 1. The molecule has 0 atom stereocenters. The molecule has 1 aliphatic rings. The van der Waals surface area contributed by atoms with Gasteiger partial charge in [-0.15, -0.1) is 10.2 Å². The summed E-state index contributed by atoms with van der Waals surface area (Å²) < 4.78 is 45.9. The van der Waals surface area contributed by atoms with Gasteiger partial charge in [0, 0.05) is 106 Å². The first kappa shape index (κ1) is 91.5. The second kappa shape index (κ2) is 40.0. The van der Waals surface area contributed by atoms with Gasteiger partial charge in [-0.25, -0.2) is 14.2 Å². The lowest BCUT2D eigenvalue weighted by molar-refractivity contribution is 0.0951. The topological polar surface area (TPSA) is 492 Å². The number of phenols is 10. The van der Waals surface area contributed by atoms with Gasteiger partial charge in [0.2, 0.25) is 11.8 Å². The van der Waals surface area contributed by atoms with Crippen molar-refractivity contribution in [2.45, 2.75) is 74.1 Å². The lowest BCUT2D eigenvalue weighted by atomic mass is 9.96. The van der Waals surface area contributed by atoms with E-state index in [1.54, 1.807) is 147 Å². The molecule has 0 fully saturated rings. The number of nitrogen functional groups attached to an aromatic ring is 1. The molecule has 7 heterocycles. The highest BCUT2D eigenvalue weighted by Crippen LogP contribution is 2.47. The number of nitrogens with one attached hydrogen (secondary N) is 6. The van der Waals surface area contributed by atoms with Crippen molar-refractivity contribution in [1.82, 2.24) is 75.0 Å². The van der Waals surface area contributed by atoms with Gasteiger partial charge in [0.25, 0.3) is 5.91 Å². The van der Waals surface area contributed by atoms with Crippen LogP contribution in [0.3, 0.4) is 0 Å². The fourth-order valence-electron chi connectivity index (χ4n) is 14.7. The number of methoxy groups -OCH3 is 3. The molecule has 36 heteroatoms. The molecule has 130 heavy (non-hydrogen) atoms. The number of aromatic hydroxyl groups is 10. The SMILES string of the molecule is CCNC(=O)c1[nH]nc(-c2cc(Cl)c(O)cc2O)c1-c1ccc(OC)cc1.CCc1cc(-c2c[nH]c(=O)n2-c2ccccc2-c2nn[nH]n2)c(O)cc1O.CCc1cc(-c2c[nH]c(=S)n2-c2ccc(F)cc2C)c(O)cc1O.CCc1cc(-c2cnc(N)n2-c2cc(OC)ccc2OC)c(O)cc1O.CCc1cc(-c2n[nH]c(C)c2-c2ccc3c(c2)OCCO3)c(O)cc1O. The predicted molar refractivity (Wildman–Crippen MR) is 491 cm³/mol. The average Bonchev–Trinajstić information content (AvgIpc) is 1.65. The minimum absolute atomic E-state index is 0.00927. The van der Waals surface area contributed by atoms with Crippen molar-refractivity contribution in [3.8, 4) is 193 Å². The van der Waals surface area contributed by atoms with Gasteiger partial charge in [-0.3, -0.25) is 28.7 Å². The fourth-order valence-corrected chi connectivity index (χ4v) is 15.1. The van der Waals surface area contributed by atoms with E-state index in [2.05, 4.69) is 61.3 Å². The minimum atomic E-state index is -0.383. The zero-order chi connectivity index (χ0) is 93.1. The summed E-state index contributed by atoms with van der Waals surface area (Å²) in [7, 11) is 4.70. The summed E-state index contributed by atoms with van der Waals surface area (Å²) in [5.74, 6) is 2.71. The molecule has 0 radical (unpaired) electrons. The summed E-state index contributed by atoms with van der Waals surface area (Å²) in [6, 6.07) is 44.5. The zero-order valence-electron chi connectivity index (χ0n) is 71.9. The van der Waals surface area contributed by atoms with Crippen LogP contribution in [0, 0.1) is 24.4 Å². The number of para-hydroxylation sites is 1. The molecule has 17 rings (SSSR count). The maximum Gasteiger partial charge on any atom is 0.330 e. The Kier molecular flexibility index (Phi) is 28.2. The number of anilines is 1. The van der Waals surface area contributed by atoms with Gasteiger partial charge in [0.05, 0.1) is 66.7 Å². The fraction of sp³-hybridized carbons (Fsp3) is 0.181. The average molecular weight is 1800 g/mol. The van der Waals surface area contributed by atoms with E-state index < -0.39 is 0 Å². The first-order valence-electron chi connectivity index (χ1n) is 40.7. The van der Waals surface area contributed by atoms with Crippen LogP contribution in [0.5, 0.6) is 86.2 Å². The third-order valence-electron chi connectivity index (χ3n) is 21.3. The van der Waals surface area contributed by atoms with Crippen molar-refractivity contribution in [1.29, 1.82) is 0 Å². The number of amides is 1. The zero-order valence-corrected chi connectivity index (χ0v) is 73.4. The summed E-state index contributed by atoms with van der Waals surface area (Å²) >= 11 is 11.4. The maximum atomic E-state index is 13.4. The number of hydrogen-bond donors (Lipinski definition) is 17. The monoisotopic (exact) mass is 1800 g/mol. The van der Waals surface area contributed by atoms with Crippen LogP contribution in [0.4, 0.5) is 10.3 Å². The summed E-state index contributed by atoms with van der Waals surface area (Å²) in [5, 5.41) is 132. The summed E-state index contributed by atoms with van der Waals surface area (Å²) in [5.41, 5.74) is 20.9. The number of phenolic OH excluding ortho intramolecular Hbond substituents is 10. The van der Waals surface area contributed by atoms with E-state index in [9.17, 15) is 65.0 Å². The highest BCUT2D eigenvalue weighted by Gasteiger charge is 2.28. The number of carbonyl (C=O) groups is 1. The van der Waals surface area contributed by atoms with Gasteiger partial charge in [0.1, 0.15) is 111 Å². The van der Waals surface area contributed by atoms with Crippen LogP contribution in [0.1, 0.15) is 78.6 Å². The van der Waals surface area contributed by atoms with Gasteiger partial charge < -0.3 is 95.8 Å². The first-order valence-corrected chi connectivity index (χ1v) is 41.5. The number of hydrogen-bond acceptors (Lipinski definition) is 25. The van der Waals surface area contributed by atoms with Crippen LogP contribution in [0.25, 0.3) is 107 Å². The molecular weight excluding hydrogens is 1710 g/mol. The van der Waals surface area contributed by atoms with E-state index in [-0.39, 0.29) is 97.1 Å². The smallest absolute Gasteiger partial charge is 0.330 e. The Hall–Kier alpha value is -16.2. The van der Waals surface area contributed by atoms with E-state index in [0.29, 0.717) is 169 Å². The Balaban J connectivity index is 0.000000139. The number of ether oxygens (including phenoxy) is 5. The number of aromatic amines is 5. The van der Waals surface area contributed by atoms with Gasteiger partial charge in [-0.05, 0) is 200 Å². The molecule has 10 aromatic carbocycles. The van der Waals surface area contributed by atoms with Gasteiger partial charge in [-0.1, -0.05) is 69.6 Å². The van der Waals surface area contributed by atoms with Crippen molar-refractivity contribution in [2.75, 3.05) is 46.8 Å². The number of tetrazole rings is 1. The number of nitrogens with zero attached hydrogens (tertiary/aromatic N) is 9. The number of benzene rings is 10. The van der Waals surface area contributed by atoms with Gasteiger partial charge >= 0.3 is 5.69 Å². The number of H-pyrrole nitrogens is 5. The van der Waals surface area contributed by atoms with Crippen LogP contribution in [0.2, 0.25) is 5.02 Å². The van der Waals surface area contributed by atoms with Crippen LogP contribution >= 0.6 is 23.8 Å². The Bertz CT molecular complexity index is 6960. The predicted octanol–water partition coefficient (Wildman–Crippen LogP) is 17.1. The van der Waals surface area contributed by atoms with Gasteiger partial charge in [0.15, 0.2) is 16.3 Å². The molecule has 0 spiro atoms. The number of carbonyl (C=O) groups excluding carboxylic acids is 1. The molecule has 18 N–H and O–H groups in total. The third kappa shape index (κ3) is 19.1. The van der Waals surface area contributed by atoms with Crippen molar-refractivity contribution >= 4 is 35.7 Å². The largest absolute Gasteiger partial charge is 0.508 e. The molecule has 0 aliphatic carbocycles. The standard InChI is InChI=1S/C20H20N2O4.C19H18ClN3O4.C19H21N3O4.C18H17FN2O2S.C18H16N6O3/c1-3-12-8-14(16(24)10-15(12)23)20-19(11(2)21-22-20)13-4-5-17-18(9-13)26-7-6-25-17;1-3-21-19(26)18-16(10-4-6-11(27-2)7-5-10)17(22-23-18)12-8-13(20)15(25)9-14(12)24;1-4-11-7-13(17(24)9-16(11)23)15-10-21-19(20)22(15)14-8-12(25-2)5-6-18(14)26-3;1-3-11-7-13(17(23)8-16(11)22)15-9-20-18(24)21(15)14-5-4-12(19)6-10(14)2;1-2-10-7-12(16(26)8-15(10)25)14-9-19-18(27)24(14)13-6-4-3-5-11(13)17-20-22-23-21-17/h4-5,8-10,23-24H,3,6-7H2,1-2H3,(H,21,22);4-9,24-25H,3H2,1-2H3,(H,21,26)(H,22,23);5-10,23-24H,4H2,1-3H3,(H2,20,21);4-9,22-23H,3H2,1-2H3,(H,20,24);3-9,25-26H,2H2,1H3,(H,19,27)(H,20,21,22,23). The highest BCUT2D eigenvalue weighted by molar-refractivity contribution is 7.71. The van der Waals surface area contributed by atoms with Crippen LogP contribution in [-0.2, 0) is 25.7 Å². The van der Waals surface area contributed by atoms with E-state index in [1.165, 1.54) is 53.2 Å². The Morgan fingerprint density at radius 1 is 0.523 bits per heavy atom. The molecule has 1 aliphatic heterocycles. The molecule has 1 amide bonds. The number of nitrogens with two attached hydrogens (primary N) is 1. The number of rotatable bonds is 20. The second-order valence-electron chi connectivity index (χ2n) is 29.3. The molecule has 16 aromatic rings. The summed E-state index contributed by atoms with van der Waals surface area (Å²) in [6.45, 7) is 14.7.